The molecule has 1 heterocycles. The molecule has 110 valence electrons. The number of hydrogen-bond acceptors (Lipinski definition) is 4. The number of carboxylic acid groups (broad SMARTS) is 1. The van der Waals surface area contributed by atoms with Gasteiger partial charge in [0.05, 0.1) is 13.0 Å². The zero-order valence-corrected chi connectivity index (χ0v) is 11.9. The van der Waals surface area contributed by atoms with Crippen LogP contribution in [0.5, 0.6) is 0 Å². The summed E-state index contributed by atoms with van der Waals surface area (Å²) in [5.41, 5.74) is 0. The fourth-order valence-corrected chi connectivity index (χ4v) is 2.28. The first-order valence-corrected chi connectivity index (χ1v) is 6.73. The van der Waals surface area contributed by atoms with E-state index in [1.807, 2.05) is 0 Å². The molecule has 2 unspecified atom stereocenters. The predicted octanol–water partition coefficient (Wildman–Crippen LogP) is 1.16. The van der Waals surface area contributed by atoms with Gasteiger partial charge in [-0.25, -0.2) is 4.79 Å². The maximum absolute atomic E-state index is 11.5. The van der Waals surface area contributed by atoms with Crippen LogP contribution >= 0.6 is 0 Å². The second-order valence-electron chi connectivity index (χ2n) is 5.48. The number of amides is 1. The van der Waals surface area contributed by atoms with Crippen molar-refractivity contribution in [3.63, 3.8) is 0 Å². The van der Waals surface area contributed by atoms with E-state index in [0.717, 1.165) is 13.0 Å². The van der Waals surface area contributed by atoms with Gasteiger partial charge in [0.15, 0.2) is 0 Å². The number of hydrogen-bond donors (Lipinski definition) is 2. The molecule has 19 heavy (non-hydrogen) atoms. The fraction of sp³-hybridized carbons (Fsp3) is 0.846. The second kappa shape index (κ2) is 7.33. The van der Waals surface area contributed by atoms with E-state index in [1.165, 1.54) is 12.0 Å². The molecule has 0 radical (unpaired) electrons. The maximum atomic E-state index is 11.5. The molecule has 1 amide bonds. The lowest BCUT2D eigenvalue weighted by Gasteiger charge is -2.35. The van der Waals surface area contributed by atoms with Crippen LogP contribution < -0.4 is 5.32 Å². The number of carbonyl (C=O) groups is 2. The van der Waals surface area contributed by atoms with Crippen LogP contribution in [0.4, 0.5) is 4.79 Å². The number of rotatable bonds is 5. The van der Waals surface area contributed by atoms with Crippen molar-refractivity contribution in [3.8, 4) is 0 Å². The number of ether oxygens (including phenoxy) is 1. The summed E-state index contributed by atoms with van der Waals surface area (Å²) in [6.45, 7) is 5.86. The molecule has 1 aliphatic heterocycles. The lowest BCUT2D eigenvalue weighted by Crippen LogP contribution is -2.53. The zero-order valence-electron chi connectivity index (χ0n) is 11.9. The summed E-state index contributed by atoms with van der Waals surface area (Å²) >= 11 is 0. The van der Waals surface area contributed by atoms with Crippen molar-refractivity contribution in [1.82, 2.24) is 10.2 Å². The molecule has 1 aliphatic rings. The van der Waals surface area contributed by atoms with Crippen molar-refractivity contribution in [3.05, 3.63) is 0 Å². The summed E-state index contributed by atoms with van der Waals surface area (Å²) in [6.07, 6.45) is 1.13. The minimum absolute atomic E-state index is 0.0210. The van der Waals surface area contributed by atoms with Crippen LogP contribution in [0, 0.1) is 11.8 Å². The summed E-state index contributed by atoms with van der Waals surface area (Å²) in [5, 5.41) is 12.5. The molecule has 1 saturated heterocycles. The second-order valence-corrected chi connectivity index (χ2v) is 5.48. The molecule has 2 N–H and O–H groups in total. The van der Waals surface area contributed by atoms with Gasteiger partial charge in [-0.2, -0.15) is 0 Å². The lowest BCUT2D eigenvalue weighted by atomic mass is 9.94. The Labute approximate surface area is 114 Å². The average Bonchev–Trinajstić information content (AvgIpc) is 2.37. The highest BCUT2D eigenvalue weighted by molar-refractivity contribution is 5.73. The lowest BCUT2D eigenvalue weighted by molar-refractivity contribution is -0.143. The van der Waals surface area contributed by atoms with Gasteiger partial charge < -0.3 is 20.1 Å². The number of aliphatic carboxylic acids is 1. The molecule has 0 spiro atoms. The SMILES string of the molecule is COC(=O)N1CC(NCCC(C)C)CC(C(=O)O)C1. The molecule has 2 atom stereocenters. The Kier molecular flexibility index (Phi) is 6.08. The van der Waals surface area contributed by atoms with E-state index in [2.05, 4.69) is 23.9 Å². The largest absolute Gasteiger partial charge is 0.481 e. The van der Waals surface area contributed by atoms with Crippen molar-refractivity contribution in [2.75, 3.05) is 26.7 Å². The molecule has 6 heteroatoms. The Hall–Kier alpha value is -1.30. The van der Waals surface area contributed by atoms with Crippen LogP contribution in [0.15, 0.2) is 0 Å². The predicted molar refractivity (Wildman–Crippen MR) is 71.0 cm³/mol. The van der Waals surface area contributed by atoms with Crippen LogP contribution in [0.3, 0.4) is 0 Å². The number of likely N-dealkylation sites (tertiary alicyclic amines) is 1. The van der Waals surface area contributed by atoms with Crippen LogP contribution in [0.25, 0.3) is 0 Å². The molecule has 0 aromatic heterocycles. The van der Waals surface area contributed by atoms with E-state index in [-0.39, 0.29) is 12.6 Å². The summed E-state index contributed by atoms with van der Waals surface area (Å²) < 4.78 is 4.68. The third-order valence-corrected chi connectivity index (χ3v) is 3.39. The van der Waals surface area contributed by atoms with E-state index in [0.29, 0.717) is 18.9 Å². The van der Waals surface area contributed by atoms with Gasteiger partial charge in [-0.3, -0.25) is 4.79 Å². The number of piperidine rings is 1. The highest BCUT2D eigenvalue weighted by Crippen LogP contribution is 2.18. The van der Waals surface area contributed by atoms with Crippen LogP contribution in [-0.2, 0) is 9.53 Å². The van der Waals surface area contributed by atoms with Gasteiger partial charge in [-0.1, -0.05) is 13.8 Å². The molecule has 1 rings (SSSR count). The zero-order chi connectivity index (χ0) is 14.4. The highest BCUT2D eigenvalue weighted by atomic mass is 16.5. The standard InChI is InChI=1S/C13H24N2O4/c1-9(2)4-5-14-11-6-10(12(16)17)7-15(8-11)13(18)19-3/h9-11,14H,4-8H2,1-3H3,(H,16,17). The first-order valence-electron chi connectivity index (χ1n) is 6.73. The number of carboxylic acids is 1. The Morgan fingerprint density at radius 3 is 2.63 bits per heavy atom. The van der Waals surface area contributed by atoms with Gasteiger partial charge in [0.2, 0.25) is 0 Å². The molecule has 0 bridgehead atoms. The minimum atomic E-state index is -0.857. The van der Waals surface area contributed by atoms with Gasteiger partial charge in [0, 0.05) is 19.1 Å². The topological polar surface area (TPSA) is 78.9 Å². The number of carbonyl (C=O) groups excluding carboxylic acids is 1. The monoisotopic (exact) mass is 272 g/mol. The van der Waals surface area contributed by atoms with Gasteiger partial charge in [0.1, 0.15) is 0 Å². The quantitative estimate of drug-likeness (QED) is 0.785. The third-order valence-electron chi connectivity index (χ3n) is 3.39. The Bertz CT molecular complexity index is 320. The molecular weight excluding hydrogens is 248 g/mol. The molecular formula is C13H24N2O4. The first-order chi connectivity index (χ1) is 8.93. The van der Waals surface area contributed by atoms with Crippen molar-refractivity contribution in [2.24, 2.45) is 11.8 Å². The summed E-state index contributed by atoms with van der Waals surface area (Å²) in [7, 11) is 1.31. The van der Waals surface area contributed by atoms with Crippen LogP contribution in [0.1, 0.15) is 26.7 Å². The summed E-state index contributed by atoms with van der Waals surface area (Å²) in [4.78, 5) is 24.1. The van der Waals surface area contributed by atoms with Crippen LogP contribution in [-0.4, -0.2) is 54.9 Å². The normalized spacial score (nSPS) is 23.5. The molecule has 6 nitrogen and oxygen atoms in total. The Morgan fingerprint density at radius 1 is 1.42 bits per heavy atom. The van der Waals surface area contributed by atoms with E-state index in [1.54, 1.807) is 0 Å². The van der Waals surface area contributed by atoms with Gasteiger partial charge in [-0.05, 0) is 25.3 Å². The Balaban J connectivity index is 2.55. The van der Waals surface area contributed by atoms with Gasteiger partial charge >= 0.3 is 12.1 Å². The highest BCUT2D eigenvalue weighted by Gasteiger charge is 2.33. The number of nitrogens with one attached hydrogen (secondary N) is 1. The number of nitrogens with zero attached hydrogens (tertiary/aromatic N) is 1. The first kappa shape index (κ1) is 15.8. The van der Waals surface area contributed by atoms with Crippen molar-refractivity contribution < 1.29 is 19.4 Å². The van der Waals surface area contributed by atoms with E-state index in [4.69, 9.17) is 5.11 Å². The maximum Gasteiger partial charge on any atom is 0.409 e. The van der Waals surface area contributed by atoms with Gasteiger partial charge in [0.25, 0.3) is 0 Å². The third kappa shape index (κ3) is 5.06. The summed E-state index contributed by atoms with van der Waals surface area (Å²) in [5.74, 6) is -0.781. The minimum Gasteiger partial charge on any atom is -0.481 e. The fourth-order valence-electron chi connectivity index (χ4n) is 2.28. The van der Waals surface area contributed by atoms with Crippen molar-refractivity contribution >= 4 is 12.1 Å². The van der Waals surface area contributed by atoms with E-state index >= 15 is 0 Å². The van der Waals surface area contributed by atoms with Crippen molar-refractivity contribution in [1.29, 1.82) is 0 Å². The van der Waals surface area contributed by atoms with Crippen LogP contribution in [0.2, 0.25) is 0 Å². The molecule has 0 aromatic rings. The van der Waals surface area contributed by atoms with Gasteiger partial charge in [-0.15, -0.1) is 0 Å². The molecule has 0 aromatic carbocycles. The molecule has 1 fully saturated rings. The Morgan fingerprint density at radius 2 is 2.11 bits per heavy atom. The van der Waals surface area contributed by atoms with E-state index in [9.17, 15) is 9.59 Å². The molecule has 0 aliphatic carbocycles. The smallest absolute Gasteiger partial charge is 0.409 e. The van der Waals surface area contributed by atoms with E-state index < -0.39 is 18.0 Å². The molecule has 0 saturated carbocycles. The average molecular weight is 272 g/mol. The number of methoxy groups -OCH3 is 1. The summed E-state index contributed by atoms with van der Waals surface area (Å²) in [6, 6.07) is 0.0210. The van der Waals surface area contributed by atoms with Crippen molar-refractivity contribution in [2.45, 2.75) is 32.7 Å².